The van der Waals surface area contributed by atoms with Gasteiger partial charge in [0.2, 0.25) is 0 Å². The molecule has 6 heteroatoms. The Morgan fingerprint density at radius 1 is 0.833 bits per heavy atom. The summed E-state index contributed by atoms with van der Waals surface area (Å²) in [4.78, 5) is 5.09. The first kappa shape index (κ1) is 20.7. The van der Waals surface area contributed by atoms with Gasteiger partial charge in [-0.2, -0.15) is 0 Å². The molecule has 0 spiro atoms. The third kappa shape index (κ3) is 4.02. The molecule has 1 saturated heterocycles. The number of hydrogen-bond acceptors (Lipinski definition) is 4. The van der Waals surface area contributed by atoms with E-state index in [-0.39, 0.29) is 0 Å². The zero-order valence-electron chi connectivity index (χ0n) is 17.9. The first-order valence-electron chi connectivity index (χ1n) is 10.4. The molecule has 3 aromatic rings. The molecular formula is C24H29N3O2S. The molecule has 5 nitrogen and oxygen atoms in total. The van der Waals surface area contributed by atoms with Crippen LogP contribution >= 0.6 is 0 Å². The van der Waals surface area contributed by atoms with Crippen LogP contribution in [0, 0.1) is 20.8 Å². The van der Waals surface area contributed by atoms with Crippen molar-refractivity contribution in [1.29, 1.82) is 0 Å². The molecular weight excluding hydrogens is 394 g/mol. The molecule has 0 N–H and O–H groups in total. The van der Waals surface area contributed by atoms with E-state index in [0.29, 0.717) is 11.4 Å². The molecule has 0 radical (unpaired) electrons. The van der Waals surface area contributed by atoms with Crippen LogP contribution in [-0.4, -0.2) is 43.5 Å². The largest absolute Gasteiger partial charge is 0.369 e. The van der Waals surface area contributed by atoms with Gasteiger partial charge in [0.15, 0.2) is 0 Å². The van der Waals surface area contributed by atoms with Gasteiger partial charge in [-0.05, 0) is 62.2 Å². The van der Waals surface area contributed by atoms with Crippen LogP contribution < -0.4 is 4.90 Å². The summed E-state index contributed by atoms with van der Waals surface area (Å²) in [5.41, 5.74) is 5.80. The number of hydrogen-bond donors (Lipinski definition) is 0. The second-order valence-corrected chi connectivity index (χ2v) is 9.91. The second-order valence-electron chi connectivity index (χ2n) is 8.10. The van der Waals surface area contributed by atoms with Gasteiger partial charge in [0.05, 0.1) is 4.90 Å². The van der Waals surface area contributed by atoms with E-state index < -0.39 is 10.0 Å². The summed E-state index contributed by atoms with van der Waals surface area (Å²) < 4.78 is 27.6. The Hall–Kier alpha value is -2.57. The van der Waals surface area contributed by atoms with Gasteiger partial charge < -0.3 is 4.90 Å². The number of piperazine rings is 1. The fourth-order valence-corrected chi connectivity index (χ4v) is 5.40. The van der Waals surface area contributed by atoms with E-state index in [1.54, 1.807) is 18.3 Å². The van der Waals surface area contributed by atoms with Crippen LogP contribution in [0.1, 0.15) is 22.4 Å². The summed E-state index contributed by atoms with van der Waals surface area (Å²) in [6, 6.07) is 17.2. The van der Waals surface area contributed by atoms with Crippen molar-refractivity contribution in [3.8, 4) is 0 Å². The molecule has 1 fully saturated rings. The number of aryl methyl sites for hydroxylation is 2. The third-order valence-electron chi connectivity index (χ3n) is 6.05. The predicted octanol–water partition coefficient (Wildman–Crippen LogP) is 3.97. The molecule has 0 unspecified atom stereocenters. The Labute approximate surface area is 179 Å². The SMILES string of the molecule is Cc1ccc(S(=O)(=O)n2cccc2CN2CCN(c3cccc(C)c3C)CC2)cc1. The summed E-state index contributed by atoms with van der Waals surface area (Å²) >= 11 is 0. The third-order valence-corrected chi connectivity index (χ3v) is 7.79. The van der Waals surface area contributed by atoms with Crippen molar-refractivity contribution in [2.45, 2.75) is 32.2 Å². The Balaban J connectivity index is 1.46. The minimum absolute atomic E-state index is 0.324. The molecule has 4 rings (SSSR count). The number of nitrogens with zero attached hydrogens (tertiary/aromatic N) is 3. The van der Waals surface area contributed by atoms with Gasteiger partial charge >= 0.3 is 0 Å². The highest BCUT2D eigenvalue weighted by Gasteiger charge is 2.23. The van der Waals surface area contributed by atoms with Gasteiger partial charge in [-0.25, -0.2) is 12.4 Å². The monoisotopic (exact) mass is 423 g/mol. The van der Waals surface area contributed by atoms with Crippen molar-refractivity contribution in [1.82, 2.24) is 8.87 Å². The number of benzene rings is 2. The summed E-state index contributed by atoms with van der Waals surface area (Å²) in [5.74, 6) is 0. The predicted molar refractivity (Wildman–Crippen MR) is 122 cm³/mol. The highest BCUT2D eigenvalue weighted by molar-refractivity contribution is 7.90. The van der Waals surface area contributed by atoms with Crippen molar-refractivity contribution in [3.63, 3.8) is 0 Å². The zero-order valence-corrected chi connectivity index (χ0v) is 18.7. The maximum atomic E-state index is 13.1. The van der Waals surface area contributed by atoms with Gasteiger partial charge in [0.1, 0.15) is 0 Å². The summed E-state index contributed by atoms with van der Waals surface area (Å²) in [6.45, 7) is 10.6. The van der Waals surface area contributed by atoms with Crippen LogP contribution in [0.15, 0.2) is 65.7 Å². The summed E-state index contributed by atoms with van der Waals surface area (Å²) in [7, 11) is -3.58. The molecule has 2 heterocycles. The summed E-state index contributed by atoms with van der Waals surface area (Å²) in [6.07, 6.45) is 1.65. The van der Waals surface area contributed by atoms with E-state index >= 15 is 0 Å². The lowest BCUT2D eigenvalue weighted by atomic mass is 10.1. The van der Waals surface area contributed by atoms with E-state index in [9.17, 15) is 8.42 Å². The van der Waals surface area contributed by atoms with E-state index in [0.717, 1.165) is 37.4 Å². The second kappa shape index (κ2) is 8.28. The Morgan fingerprint density at radius 3 is 2.23 bits per heavy atom. The summed E-state index contributed by atoms with van der Waals surface area (Å²) in [5, 5.41) is 0. The van der Waals surface area contributed by atoms with Crippen LogP contribution in [0.2, 0.25) is 0 Å². The first-order valence-corrected chi connectivity index (χ1v) is 11.8. The van der Waals surface area contributed by atoms with Gasteiger partial charge in [-0.3, -0.25) is 4.90 Å². The van der Waals surface area contributed by atoms with E-state index in [2.05, 4.69) is 41.8 Å². The molecule has 1 aromatic heterocycles. The number of anilines is 1. The van der Waals surface area contributed by atoms with Crippen molar-refractivity contribution < 1.29 is 8.42 Å². The maximum absolute atomic E-state index is 13.1. The molecule has 158 valence electrons. The van der Waals surface area contributed by atoms with E-state index in [1.807, 2.05) is 31.2 Å². The number of aromatic nitrogens is 1. The molecule has 0 aliphatic carbocycles. The Bertz CT molecular complexity index is 1130. The minimum atomic E-state index is -3.58. The topological polar surface area (TPSA) is 45.6 Å². The van der Waals surface area contributed by atoms with Gasteiger partial charge in [0, 0.05) is 50.3 Å². The van der Waals surface area contributed by atoms with Crippen LogP contribution in [0.4, 0.5) is 5.69 Å². The minimum Gasteiger partial charge on any atom is -0.369 e. The molecule has 0 amide bonds. The van der Waals surface area contributed by atoms with Gasteiger partial charge in [-0.15, -0.1) is 0 Å². The van der Waals surface area contributed by atoms with Crippen LogP contribution in [-0.2, 0) is 16.6 Å². The average Bonchev–Trinajstić information content (AvgIpc) is 3.20. The Kier molecular flexibility index (Phi) is 5.71. The highest BCUT2D eigenvalue weighted by atomic mass is 32.2. The molecule has 30 heavy (non-hydrogen) atoms. The van der Waals surface area contributed by atoms with Crippen molar-refractivity contribution in [3.05, 3.63) is 83.2 Å². The molecule has 0 atom stereocenters. The maximum Gasteiger partial charge on any atom is 0.267 e. The van der Waals surface area contributed by atoms with Crippen molar-refractivity contribution in [2.24, 2.45) is 0 Å². The van der Waals surface area contributed by atoms with Crippen molar-refractivity contribution in [2.75, 3.05) is 31.1 Å². The van der Waals surface area contributed by atoms with Crippen LogP contribution in [0.5, 0.6) is 0 Å². The lowest BCUT2D eigenvalue weighted by Crippen LogP contribution is -2.46. The standard InChI is InChI=1S/C24H29N3O2S/c1-19-9-11-23(12-10-19)30(28,29)27-13-5-7-22(27)18-25-14-16-26(17-15-25)24-8-4-6-20(2)21(24)3/h4-13H,14-18H2,1-3H3. The number of rotatable bonds is 5. The van der Waals surface area contributed by atoms with Gasteiger partial charge in [-0.1, -0.05) is 29.8 Å². The molecule has 0 bridgehead atoms. The lowest BCUT2D eigenvalue weighted by Gasteiger charge is -2.37. The van der Waals surface area contributed by atoms with Crippen LogP contribution in [0.3, 0.4) is 0 Å². The molecule has 0 saturated carbocycles. The van der Waals surface area contributed by atoms with Crippen molar-refractivity contribution >= 4 is 15.7 Å². The fraction of sp³-hybridized carbons (Fsp3) is 0.333. The van der Waals surface area contributed by atoms with E-state index in [4.69, 9.17) is 0 Å². The fourth-order valence-electron chi connectivity index (χ4n) is 4.04. The smallest absolute Gasteiger partial charge is 0.267 e. The molecule has 1 aliphatic rings. The normalized spacial score (nSPS) is 15.5. The quantitative estimate of drug-likeness (QED) is 0.623. The zero-order chi connectivity index (χ0) is 21.3. The Morgan fingerprint density at radius 2 is 1.53 bits per heavy atom. The highest BCUT2D eigenvalue weighted by Crippen LogP contribution is 2.25. The first-order chi connectivity index (χ1) is 14.4. The van der Waals surface area contributed by atoms with E-state index in [1.165, 1.54) is 20.8 Å². The average molecular weight is 424 g/mol. The van der Waals surface area contributed by atoms with Gasteiger partial charge in [0.25, 0.3) is 10.0 Å². The lowest BCUT2D eigenvalue weighted by molar-refractivity contribution is 0.246. The molecule has 2 aromatic carbocycles. The van der Waals surface area contributed by atoms with Crippen LogP contribution in [0.25, 0.3) is 0 Å². The molecule has 1 aliphatic heterocycles.